The van der Waals surface area contributed by atoms with Gasteiger partial charge in [-0.15, -0.1) is 0 Å². The SMILES string of the molecule is Cc1cc(C)n(Cc2cccc(C(=O)NC(C)c3ccc4c(c3)NC(=O)CO4)c2)n1. The molecular weight excluding hydrogens is 380 g/mol. The van der Waals surface area contributed by atoms with Gasteiger partial charge in [-0.3, -0.25) is 14.3 Å². The maximum Gasteiger partial charge on any atom is 0.262 e. The molecular formula is C23H24N4O3. The van der Waals surface area contributed by atoms with Crippen molar-refractivity contribution in [3.63, 3.8) is 0 Å². The van der Waals surface area contributed by atoms with Crippen LogP contribution in [-0.2, 0) is 11.3 Å². The van der Waals surface area contributed by atoms with Crippen LogP contribution in [0.5, 0.6) is 5.75 Å². The third-order valence-corrected chi connectivity index (χ3v) is 5.11. The van der Waals surface area contributed by atoms with Crippen molar-refractivity contribution >= 4 is 17.5 Å². The Morgan fingerprint density at radius 2 is 2.07 bits per heavy atom. The van der Waals surface area contributed by atoms with Gasteiger partial charge >= 0.3 is 0 Å². The number of hydrogen-bond acceptors (Lipinski definition) is 4. The van der Waals surface area contributed by atoms with E-state index >= 15 is 0 Å². The van der Waals surface area contributed by atoms with Crippen molar-refractivity contribution in [1.29, 1.82) is 0 Å². The summed E-state index contributed by atoms with van der Waals surface area (Å²) >= 11 is 0. The highest BCUT2D eigenvalue weighted by atomic mass is 16.5. The summed E-state index contributed by atoms with van der Waals surface area (Å²) in [6, 6.07) is 14.9. The lowest BCUT2D eigenvalue weighted by Gasteiger charge is -2.21. The number of aromatic nitrogens is 2. The van der Waals surface area contributed by atoms with Crippen LogP contribution in [0.15, 0.2) is 48.5 Å². The van der Waals surface area contributed by atoms with E-state index in [2.05, 4.69) is 15.7 Å². The largest absolute Gasteiger partial charge is 0.482 e. The van der Waals surface area contributed by atoms with Gasteiger partial charge in [0.2, 0.25) is 0 Å². The average molecular weight is 404 g/mol. The van der Waals surface area contributed by atoms with Crippen LogP contribution in [0.4, 0.5) is 5.69 Å². The van der Waals surface area contributed by atoms with Crippen molar-refractivity contribution in [2.45, 2.75) is 33.4 Å². The first-order chi connectivity index (χ1) is 14.4. The van der Waals surface area contributed by atoms with Gasteiger partial charge in [-0.1, -0.05) is 18.2 Å². The predicted molar refractivity (Wildman–Crippen MR) is 114 cm³/mol. The molecule has 0 aliphatic carbocycles. The molecule has 0 saturated carbocycles. The highest BCUT2D eigenvalue weighted by Crippen LogP contribution is 2.30. The van der Waals surface area contributed by atoms with Crippen molar-refractivity contribution < 1.29 is 14.3 Å². The zero-order chi connectivity index (χ0) is 21.3. The molecule has 4 rings (SSSR count). The van der Waals surface area contributed by atoms with Gasteiger partial charge in [0.15, 0.2) is 6.61 Å². The Labute approximate surface area is 175 Å². The molecule has 2 heterocycles. The predicted octanol–water partition coefficient (Wildman–Crippen LogP) is 3.37. The van der Waals surface area contributed by atoms with Gasteiger partial charge in [-0.2, -0.15) is 5.10 Å². The molecule has 30 heavy (non-hydrogen) atoms. The number of ether oxygens (including phenoxy) is 1. The summed E-state index contributed by atoms with van der Waals surface area (Å²) in [5, 5.41) is 10.3. The lowest BCUT2D eigenvalue weighted by molar-refractivity contribution is -0.118. The molecule has 1 aromatic heterocycles. The molecule has 0 fully saturated rings. The van der Waals surface area contributed by atoms with Gasteiger partial charge in [0.1, 0.15) is 5.75 Å². The summed E-state index contributed by atoms with van der Waals surface area (Å²) in [5.41, 5.74) is 5.16. The summed E-state index contributed by atoms with van der Waals surface area (Å²) in [4.78, 5) is 24.4. The Morgan fingerprint density at radius 3 is 2.83 bits per heavy atom. The van der Waals surface area contributed by atoms with E-state index in [1.165, 1.54) is 0 Å². The number of nitrogens with zero attached hydrogens (tertiary/aromatic N) is 2. The number of nitrogens with one attached hydrogen (secondary N) is 2. The van der Waals surface area contributed by atoms with Crippen molar-refractivity contribution in [2.24, 2.45) is 0 Å². The number of anilines is 1. The van der Waals surface area contributed by atoms with Gasteiger partial charge in [0, 0.05) is 11.3 Å². The quantitative estimate of drug-likeness (QED) is 0.683. The van der Waals surface area contributed by atoms with Crippen LogP contribution in [0.2, 0.25) is 0 Å². The number of benzene rings is 2. The maximum atomic E-state index is 12.8. The second-order valence-corrected chi connectivity index (χ2v) is 7.57. The summed E-state index contributed by atoms with van der Waals surface area (Å²) in [5.74, 6) is 0.292. The van der Waals surface area contributed by atoms with Crippen LogP contribution in [0.25, 0.3) is 0 Å². The highest BCUT2D eigenvalue weighted by Gasteiger charge is 2.18. The van der Waals surface area contributed by atoms with E-state index in [9.17, 15) is 9.59 Å². The number of carbonyl (C=O) groups excluding carboxylic acids is 2. The monoisotopic (exact) mass is 404 g/mol. The summed E-state index contributed by atoms with van der Waals surface area (Å²) < 4.78 is 7.32. The molecule has 2 amide bonds. The van der Waals surface area contributed by atoms with Crippen LogP contribution < -0.4 is 15.4 Å². The Hall–Kier alpha value is -3.61. The minimum Gasteiger partial charge on any atom is -0.482 e. The average Bonchev–Trinajstić information content (AvgIpc) is 3.04. The summed E-state index contributed by atoms with van der Waals surface area (Å²) in [7, 11) is 0. The Bertz CT molecular complexity index is 1120. The van der Waals surface area contributed by atoms with E-state index in [0.717, 1.165) is 22.5 Å². The van der Waals surface area contributed by atoms with Crippen LogP contribution >= 0.6 is 0 Å². The molecule has 1 aliphatic rings. The van der Waals surface area contributed by atoms with Crippen molar-refractivity contribution in [3.8, 4) is 5.75 Å². The molecule has 1 aliphatic heterocycles. The molecule has 3 aromatic rings. The van der Waals surface area contributed by atoms with E-state index in [-0.39, 0.29) is 24.5 Å². The van der Waals surface area contributed by atoms with Gasteiger partial charge < -0.3 is 15.4 Å². The minimum atomic E-state index is -0.235. The van der Waals surface area contributed by atoms with Crippen molar-refractivity contribution in [3.05, 3.63) is 76.6 Å². The third-order valence-electron chi connectivity index (χ3n) is 5.11. The molecule has 0 bridgehead atoms. The first-order valence-electron chi connectivity index (χ1n) is 9.86. The van der Waals surface area contributed by atoms with Crippen LogP contribution in [0.3, 0.4) is 0 Å². The Kier molecular flexibility index (Phi) is 5.27. The minimum absolute atomic E-state index is 0.0204. The topological polar surface area (TPSA) is 85.2 Å². The Morgan fingerprint density at radius 1 is 1.23 bits per heavy atom. The van der Waals surface area contributed by atoms with Gasteiger partial charge in [-0.25, -0.2) is 0 Å². The normalized spacial score (nSPS) is 13.8. The lowest BCUT2D eigenvalue weighted by Crippen LogP contribution is -2.28. The van der Waals surface area contributed by atoms with E-state index in [0.29, 0.717) is 23.5 Å². The second-order valence-electron chi connectivity index (χ2n) is 7.57. The number of carbonyl (C=O) groups is 2. The zero-order valence-corrected chi connectivity index (χ0v) is 17.2. The summed E-state index contributed by atoms with van der Waals surface area (Å²) in [6.07, 6.45) is 0. The highest BCUT2D eigenvalue weighted by molar-refractivity contribution is 5.96. The maximum absolute atomic E-state index is 12.8. The van der Waals surface area contributed by atoms with E-state index in [1.54, 1.807) is 6.07 Å². The molecule has 1 atom stereocenters. The van der Waals surface area contributed by atoms with Crippen molar-refractivity contribution in [2.75, 3.05) is 11.9 Å². The number of aryl methyl sites for hydroxylation is 2. The zero-order valence-electron chi connectivity index (χ0n) is 17.2. The fourth-order valence-electron chi connectivity index (χ4n) is 3.55. The molecule has 154 valence electrons. The smallest absolute Gasteiger partial charge is 0.262 e. The molecule has 0 spiro atoms. The number of fused-ring (bicyclic) bond motifs is 1. The van der Waals surface area contributed by atoms with E-state index in [4.69, 9.17) is 4.74 Å². The second kappa shape index (κ2) is 8.02. The molecule has 0 saturated heterocycles. The van der Waals surface area contributed by atoms with Crippen LogP contribution in [0.1, 0.15) is 45.8 Å². The number of amides is 2. The molecule has 2 N–H and O–H groups in total. The standard InChI is InChI=1S/C23H24N4O3/c1-14-9-15(2)27(26-14)12-17-5-4-6-19(10-17)23(29)24-16(3)18-7-8-21-20(11-18)25-22(28)13-30-21/h4-11,16H,12-13H2,1-3H3,(H,24,29)(H,25,28). The van der Waals surface area contributed by atoms with Gasteiger partial charge in [-0.05, 0) is 62.2 Å². The number of rotatable bonds is 5. The summed E-state index contributed by atoms with van der Waals surface area (Å²) in [6.45, 7) is 6.52. The molecule has 0 radical (unpaired) electrons. The van der Waals surface area contributed by atoms with Crippen LogP contribution in [-0.4, -0.2) is 28.2 Å². The molecule has 1 unspecified atom stereocenters. The van der Waals surface area contributed by atoms with E-state index in [1.807, 2.05) is 67.9 Å². The third kappa shape index (κ3) is 4.20. The first kappa shape index (κ1) is 19.7. The fraction of sp³-hybridized carbons (Fsp3) is 0.261. The van der Waals surface area contributed by atoms with E-state index < -0.39 is 0 Å². The number of hydrogen-bond donors (Lipinski definition) is 2. The Balaban J connectivity index is 1.46. The lowest BCUT2D eigenvalue weighted by atomic mass is 10.1. The molecule has 7 nitrogen and oxygen atoms in total. The van der Waals surface area contributed by atoms with Crippen LogP contribution in [0, 0.1) is 13.8 Å². The fourth-order valence-corrected chi connectivity index (χ4v) is 3.55. The first-order valence-corrected chi connectivity index (χ1v) is 9.86. The van der Waals surface area contributed by atoms with Crippen molar-refractivity contribution in [1.82, 2.24) is 15.1 Å². The molecule has 2 aromatic carbocycles. The molecule has 7 heteroatoms. The van der Waals surface area contributed by atoms with Gasteiger partial charge in [0.05, 0.1) is 24.0 Å². The van der Waals surface area contributed by atoms with Gasteiger partial charge in [0.25, 0.3) is 11.8 Å².